The number of likely N-dealkylation sites (N-methyl/N-ethyl adjacent to an activating group) is 1. The fourth-order valence-corrected chi connectivity index (χ4v) is 4.82. The minimum Gasteiger partial charge on any atom is -0.487 e. The standard InChI is InChI=1S/C15H22N2O4S/c1-16-12-6-8-17(10-11-18)9-7-13(12)21-14-4-2-3-5-15(14)22(16,19)20/h2-5,12-13,18H,6-11H2,1H3/t12-,13-/m0/s1. The SMILES string of the molecule is CN1[C@H]2CCN(CCO)CC[C@@H]2Oc2ccccc2S1(=O)=O. The molecule has 1 saturated heterocycles. The highest BCUT2D eigenvalue weighted by molar-refractivity contribution is 7.89. The molecule has 3 rings (SSSR count). The summed E-state index contributed by atoms with van der Waals surface area (Å²) in [6.07, 6.45) is 1.29. The number of β-amino-alcohol motifs (C(OH)–C–C–N with tert-alkyl or cyclic N) is 1. The Kier molecular flexibility index (Phi) is 4.40. The normalized spacial score (nSPS) is 28.8. The Morgan fingerprint density at radius 1 is 1.27 bits per heavy atom. The average molecular weight is 326 g/mol. The third-order valence-electron chi connectivity index (χ3n) is 4.57. The molecule has 0 amide bonds. The fraction of sp³-hybridized carbons (Fsp3) is 0.600. The van der Waals surface area contributed by atoms with Crippen molar-refractivity contribution in [3.63, 3.8) is 0 Å². The van der Waals surface area contributed by atoms with E-state index in [1.807, 2.05) is 0 Å². The first-order chi connectivity index (χ1) is 10.5. The molecule has 2 aliphatic heterocycles. The van der Waals surface area contributed by atoms with Gasteiger partial charge < -0.3 is 14.7 Å². The lowest BCUT2D eigenvalue weighted by molar-refractivity contribution is 0.122. The molecule has 0 radical (unpaired) electrons. The molecule has 1 aromatic rings. The zero-order valence-corrected chi connectivity index (χ0v) is 13.5. The van der Waals surface area contributed by atoms with E-state index in [1.165, 1.54) is 4.31 Å². The fourth-order valence-electron chi connectivity index (χ4n) is 3.29. The number of aliphatic hydroxyl groups excluding tert-OH is 1. The van der Waals surface area contributed by atoms with Gasteiger partial charge in [0.15, 0.2) is 0 Å². The quantitative estimate of drug-likeness (QED) is 0.858. The second-order valence-electron chi connectivity index (χ2n) is 5.83. The summed E-state index contributed by atoms with van der Waals surface area (Å²) in [5.74, 6) is 0.442. The molecule has 0 spiro atoms. The van der Waals surface area contributed by atoms with Crippen LogP contribution in [0.2, 0.25) is 0 Å². The molecule has 2 aliphatic rings. The molecule has 2 heterocycles. The van der Waals surface area contributed by atoms with Gasteiger partial charge in [-0.2, -0.15) is 4.31 Å². The largest absolute Gasteiger partial charge is 0.487 e. The lowest BCUT2D eigenvalue weighted by Gasteiger charge is -2.28. The highest BCUT2D eigenvalue weighted by atomic mass is 32.2. The molecule has 1 aromatic carbocycles. The summed E-state index contributed by atoms with van der Waals surface area (Å²) < 4.78 is 33.1. The smallest absolute Gasteiger partial charge is 0.246 e. The van der Waals surface area contributed by atoms with Gasteiger partial charge in [-0.1, -0.05) is 12.1 Å². The number of rotatable bonds is 2. The van der Waals surface area contributed by atoms with E-state index in [9.17, 15) is 8.42 Å². The highest BCUT2D eigenvalue weighted by Crippen LogP contribution is 2.35. The maximum Gasteiger partial charge on any atom is 0.246 e. The highest BCUT2D eigenvalue weighted by Gasteiger charge is 2.41. The van der Waals surface area contributed by atoms with Gasteiger partial charge in [-0.3, -0.25) is 0 Å². The van der Waals surface area contributed by atoms with E-state index >= 15 is 0 Å². The summed E-state index contributed by atoms with van der Waals surface area (Å²) in [5.41, 5.74) is 0. The van der Waals surface area contributed by atoms with Crippen molar-refractivity contribution in [1.29, 1.82) is 0 Å². The van der Waals surface area contributed by atoms with E-state index in [0.29, 0.717) is 18.7 Å². The number of likely N-dealkylation sites (tertiary alicyclic amines) is 1. The van der Waals surface area contributed by atoms with Crippen LogP contribution in [-0.4, -0.2) is 68.2 Å². The number of aliphatic hydroxyl groups is 1. The van der Waals surface area contributed by atoms with Crippen LogP contribution in [0, 0.1) is 0 Å². The van der Waals surface area contributed by atoms with Gasteiger partial charge in [0.2, 0.25) is 10.0 Å². The lowest BCUT2D eigenvalue weighted by atomic mass is 10.1. The van der Waals surface area contributed by atoms with Gasteiger partial charge in [0, 0.05) is 20.1 Å². The number of para-hydroxylation sites is 1. The van der Waals surface area contributed by atoms with Crippen LogP contribution in [-0.2, 0) is 10.0 Å². The van der Waals surface area contributed by atoms with Gasteiger partial charge in [0.1, 0.15) is 16.7 Å². The molecule has 0 unspecified atom stereocenters. The Labute approximate surface area is 131 Å². The second kappa shape index (κ2) is 6.16. The van der Waals surface area contributed by atoms with Gasteiger partial charge in [0.05, 0.1) is 12.6 Å². The molecule has 0 saturated carbocycles. The first-order valence-corrected chi connectivity index (χ1v) is 9.05. The number of fused-ring (bicyclic) bond motifs is 2. The summed E-state index contributed by atoms with van der Waals surface area (Å²) in [4.78, 5) is 2.41. The van der Waals surface area contributed by atoms with Crippen molar-refractivity contribution in [3.8, 4) is 5.75 Å². The predicted molar refractivity (Wildman–Crippen MR) is 82.4 cm³/mol. The average Bonchev–Trinajstić information content (AvgIpc) is 2.73. The number of sulfonamides is 1. The van der Waals surface area contributed by atoms with E-state index < -0.39 is 10.0 Å². The van der Waals surface area contributed by atoms with E-state index in [4.69, 9.17) is 9.84 Å². The van der Waals surface area contributed by atoms with Crippen LogP contribution in [0.25, 0.3) is 0 Å². The summed E-state index contributed by atoms with van der Waals surface area (Å²) in [6.45, 7) is 2.30. The van der Waals surface area contributed by atoms with Crippen molar-refractivity contribution in [2.24, 2.45) is 0 Å². The van der Waals surface area contributed by atoms with Crippen molar-refractivity contribution in [2.75, 3.05) is 33.3 Å². The van der Waals surface area contributed by atoms with Crippen molar-refractivity contribution in [2.45, 2.75) is 29.9 Å². The van der Waals surface area contributed by atoms with Crippen molar-refractivity contribution < 1.29 is 18.3 Å². The predicted octanol–water partition coefficient (Wildman–Crippen LogP) is 0.525. The maximum absolute atomic E-state index is 12.8. The Balaban J connectivity index is 1.95. The lowest BCUT2D eigenvalue weighted by Crippen LogP contribution is -2.44. The summed E-state index contributed by atoms with van der Waals surface area (Å²) in [6, 6.07) is 6.66. The molecule has 2 atom stereocenters. The molecule has 1 fully saturated rings. The van der Waals surface area contributed by atoms with Crippen LogP contribution >= 0.6 is 0 Å². The Morgan fingerprint density at radius 2 is 2.00 bits per heavy atom. The minimum absolute atomic E-state index is 0.118. The molecule has 122 valence electrons. The van der Waals surface area contributed by atoms with Crippen LogP contribution in [0.3, 0.4) is 0 Å². The Morgan fingerprint density at radius 3 is 2.77 bits per heavy atom. The molecular formula is C15H22N2O4S. The third-order valence-corrected chi connectivity index (χ3v) is 6.49. The Bertz CT molecular complexity index is 634. The summed E-state index contributed by atoms with van der Waals surface area (Å²) in [7, 11) is -1.89. The van der Waals surface area contributed by atoms with E-state index in [2.05, 4.69) is 4.90 Å². The first kappa shape index (κ1) is 15.7. The van der Waals surface area contributed by atoms with Crippen LogP contribution in [0.15, 0.2) is 29.2 Å². The van der Waals surface area contributed by atoms with Gasteiger partial charge in [-0.25, -0.2) is 8.42 Å². The molecule has 7 heteroatoms. The van der Waals surface area contributed by atoms with Crippen molar-refractivity contribution in [3.05, 3.63) is 24.3 Å². The van der Waals surface area contributed by atoms with E-state index in [0.717, 1.165) is 19.5 Å². The number of benzene rings is 1. The van der Waals surface area contributed by atoms with E-state index in [1.54, 1.807) is 31.3 Å². The monoisotopic (exact) mass is 326 g/mol. The van der Waals surface area contributed by atoms with Crippen LogP contribution in [0.1, 0.15) is 12.8 Å². The zero-order valence-electron chi connectivity index (χ0n) is 12.7. The van der Waals surface area contributed by atoms with Gasteiger partial charge >= 0.3 is 0 Å². The molecule has 6 nitrogen and oxygen atoms in total. The van der Waals surface area contributed by atoms with Gasteiger partial charge in [-0.05, 0) is 31.5 Å². The van der Waals surface area contributed by atoms with Crippen LogP contribution < -0.4 is 4.74 Å². The summed E-state index contributed by atoms with van der Waals surface area (Å²) >= 11 is 0. The molecule has 22 heavy (non-hydrogen) atoms. The molecular weight excluding hydrogens is 304 g/mol. The number of ether oxygens (including phenoxy) is 1. The minimum atomic E-state index is -3.53. The van der Waals surface area contributed by atoms with Crippen molar-refractivity contribution >= 4 is 10.0 Å². The first-order valence-electron chi connectivity index (χ1n) is 7.61. The molecule has 0 aromatic heterocycles. The third kappa shape index (κ3) is 2.74. The van der Waals surface area contributed by atoms with E-state index in [-0.39, 0.29) is 23.6 Å². The molecule has 0 bridgehead atoms. The maximum atomic E-state index is 12.8. The summed E-state index contributed by atoms with van der Waals surface area (Å²) in [5, 5.41) is 9.10. The Hall–Kier alpha value is -1.15. The molecule has 1 N–H and O–H groups in total. The number of nitrogens with zero attached hydrogens (tertiary/aromatic N) is 2. The van der Waals surface area contributed by atoms with Gasteiger partial charge in [0.25, 0.3) is 0 Å². The van der Waals surface area contributed by atoms with Gasteiger partial charge in [-0.15, -0.1) is 0 Å². The van der Waals surface area contributed by atoms with Crippen molar-refractivity contribution in [1.82, 2.24) is 9.21 Å². The number of hydrogen-bond donors (Lipinski definition) is 1. The number of hydrogen-bond acceptors (Lipinski definition) is 5. The second-order valence-corrected chi connectivity index (χ2v) is 7.80. The van der Waals surface area contributed by atoms with Crippen LogP contribution in [0.5, 0.6) is 5.75 Å². The zero-order chi connectivity index (χ0) is 15.7. The van der Waals surface area contributed by atoms with Crippen LogP contribution in [0.4, 0.5) is 0 Å². The topological polar surface area (TPSA) is 70.1 Å². The molecule has 0 aliphatic carbocycles.